The van der Waals surface area contributed by atoms with Crippen LogP contribution in [0.1, 0.15) is 61.6 Å². The third-order valence-electron chi connectivity index (χ3n) is 6.35. The molecule has 7 nitrogen and oxygen atoms in total. The average Bonchev–Trinajstić information content (AvgIpc) is 3.55. The van der Waals surface area contributed by atoms with Crippen LogP contribution in [0.15, 0.2) is 48.8 Å². The maximum atomic E-state index is 14.9. The second-order valence-corrected chi connectivity index (χ2v) is 10.3. The van der Waals surface area contributed by atoms with E-state index in [0.717, 1.165) is 30.5 Å². The standard InChI is InChI=1S/C27H29FN4O3/c1-27(2,3)35-26(34)31-16-18-14-20(10-12-23(18)30-31)32(19-8-9-19)25(33)17-7-11-21(22(28)15-17)24-6-4-5-13-29-24/h4-7,11,13,15-16,19-20H,8-10,12,14H2,1-3H3. The van der Waals surface area contributed by atoms with Gasteiger partial charge in [0.1, 0.15) is 11.4 Å². The summed E-state index contributed by atoms with van der Waals surface area (Å²) < 4.78 is 21.6. The van der Waals surface area contributed by atoms with E-state index in [0.29, 0.717) is 29.7 Å². The predicted octanol–water partition coefficient (Wildman–Crippen LogP) is 5.03. The molecule has 2 aromatic heterocycles. The van der Waals surface area contributed by atoms with Gasteiger partial charge in [-0.05, 0) is 88.8 Å². The third kappa shape index (κ3) is 4.97. The molecule has 0 N–H and O–H groups in total. The fourth-order valence-electron chi connectivity index (χ4n) is 4.63. The van der Waals surface area contributed by atoms with Gasteiger partial charge in [0.25, 0.3) is 5.91 Å². The van der Waals surface area contributed by atoms with Crippen molar-refractivity contribution in [1.29, 1.82) is 0 Å². The number of fused-ring (bicyclic) bond motifs is 1. The lowest BCUT2D eigenvalue weighted by Gasteiger charge is -2.34. The molecule has 2 heterocycles. The van der Waals surface area contributed by atoms with Gasteiger partial charge in [0.05, 0.1) is 11.4 Å². The Morgan fingerprint density at radius 1 is 1.11 bits per heavy atom. The Labute approximate surface area is 203 Å². The summed E-state index contributed by atoms with van der Waals surface area (Å²) in [6, 6.07) is 10.1. The van der Waals surface area contributed by atoms with E-state index in [9.17, 15) is 14.0 Å². The van der Waals surface area contributed by atoms with Crippen LogP contribution in [0.4, 0.5) is 9.18 Å². The van der Waals surface area contributed by atoms with Crippen LogP contribution >= 0.6 is 0 Å². The zero-order valence-electron chi connectivity index (χ0n) is 20.2. The molecule has 1 unspecified atom stereocenters. The first-order chi connectivity index (χ1) is 16.7. The molecule has 1 fully saturated rings. The van der Waals surface area contributed by atoms with Crippen LogP contribution in [0.25, 0.3) is 11.3 Å². The molecule has 35 heavy (non-hydrogen) atoms. The molecule has 1 amide bonds. The quantitative estimate of drug-likeness (QED) is 0.528. The van der Waals surface area contributed by atoms with Gasteiger partial charge in [-0.15, -0.1) is 0 Å². The number of ether oxygens (including phenoxy) is 1. The van der Waals surface area contributed by atoms with Crippen LogP contribution in [-0.4, -0.2) is 49.3 Å². The highest BCUT2D eigenvalue weighted by molar-refractivity contribution is 5.95. The van der Waals surface area contributed by atoms with E-state index in [1.807, 2.05) is 25.7 Å². The Bertz CT molecular complexity index is 1260. The summed E-state index contributed by atoms with van der Waals surface area (Å²) in [7, 11) is 0. The van der Waals surface area contributed by atoms with Crippen molar-refractivity contribution < 1.29 is 18.7 Å². The van der Waals surface area contributed by atoms with Gasteiger partial charge in [-0.3, -0.25) is 9.78 Å². The first-order valence-corrected chi connectivity index (χ1v) is 12.0. The fourth-order valence-corrected chi connectivity index (χ4v) is 4.63. The van der Waals surface area contributed by atoms with E-state index in [1.165, 1.54) is 10.7 Å². The number of nitrogens with zero attached hydrogens (tertiary/aromatic N) is 4. The lowest BCUT2D eigenvalue weighted by molar-refractivity contribution is 0.0513. The second-order valence-electron chi connectivity index (χ2n) is 10.3. The summed E-state index contributed by atoms with van der Waals surface area (Å²) in [6.07, 6.45) is 6.73. The maximum Gasteiger partial charge on any atom is 0.435 e. The van der Waals surface area contributed by atoms with Gasteiger partial charge in [-0.2, -0.15) is 9.78 Å². The highest BCUT2D eigenvalue weighted by atomic mass is 19.1. The number of rotatable bonds is 4. The molecule has 2 aliphatic carbocycles. The van der Waals surface area contributed by atoms with E-state index in [2.05, 4.69) is 10.1 Å². The van der Waals surface area contributed by atoms with Gasteiger partial charge in [-0.1, -0.05) is 6.07 Å². The molecule has 1 atom stereocenters. The lowest BCUT2D eigenvalue weighted by Crippen LogP contribution is -2.44. The van der Waals surface area contributed by atoms with Crippen molar-refractivity contribution >= 4 is 12.0 Å². The summed E-state index contributed by atoms with van der Waals surface area (Å²) in [5.74, 6) is -0.623. The minimum Gasteiger partial charge on any atom is -0.442 e. The van der Waals surface area contributed by atoms with Crippen LogP contribution in [0, 0.1) is 5.82 Å². The maximum absolute atomic E-state index is 14.9. The number of hydrogen-bond acceptors (Lipinski definition) is 5. The van der Waals surface area contributed by atoms with E-state index in [-0.39, 0.29) is 18.0 Å². The lowest BCUT2D eigenvalue weighted by atomic mass is 9.91. The highest BCUT2D eigenvalue weighted by Gasteiger charge is 2.40. The highest BCUT2D eigenvalue weighted by Crippen LogP contribution is 2.35. The minimum absolute atomic E-state index is 0.0303. The normalized spacial score (nSPS) is 17.5. The molecule has 3 aromatic rings. The molecule has 1 aromatic carbocycles. The average molecular weight is 477 g/mol. The Kier molecular flexibility index (Phi) is 5.91. The Morgan fingerprint density at radius 3 is 2.57 bits per heavy atom. The van der Waals surface area contributed by atoms with Crippen molar-refractivity contribution in [2.75, 3.05) is 0 Å². The van der Waals surface area contributed by atoms with Crippen LogP contribution in [0.3, 0.4) is 0 Å². The molecule has 0 spiro atoms. The van der Waals surface area contributed by atoms with Crippen molar-refractivity contribution in [3.63, 3.8) is 0 Å². The van der Waals surface area contributed by atoms with Gasteiger partial charge in [-0.25, -0.2) is 9.18 Å². The molecule has 0 radical (unpaired) electrons. The molecule has 2 aliphatic rings. The summed E-state index contributed by atoms with van der Waals surface area (Å²) >= 11 is 0. The summed E-state index contributed by atoms with van der Waals surface area (Å²) in [4.78, 5) is 32.1. The fraction of sp³-hybridized carbons (Fsp3) is 0.407. The molecular formula is C27H29FN4O3. The number of benzene rings is 1. The van der Waals surface area contributed by atoms with Crippen LogP contribution in [0.2, 0.25) is 0 Å². The minimum atomic E-state index is -0.608. The Morgan fingerprint density at radius 2 is 1.91 bits per heavy atom. The third-order valence-corrected chi connectivity index (χ3v) is 6.35. The Balaban J connectivity index is 1.35. The van der Waals surface area contributed by atoms with Crippen molar-refractivity contribution in [3.8, 4) is 11.3 Å². The van der Waals surface area contributed by atoms with Gasteiger partial charge >= 0.3 is 6.09 Å². The van der Waals surface area contributed by atoms with E-state index in [4.69, 9.17) is 4.74 Å². The number of aromatic nitrogens is 3. The van der Waals surface area contributed by atoms with Crippen molar-refractivity contribution in [1.82, 2.24) is 19.7 Å². The zero-order valence-corrected chi connectivity index (χ0v) is 20.2. The van der Waals surface area contributed by atoms with Crippen molar-refractivity contribution in [2.24, 2.45) is 0 Å². The van der Waals surface area contributed by atoms with Crippen LogP contribution < -0.4 is 0 Å². The van der Waals surface area contributed by atoms with Crippen LogP contribution in [-0.2, 0) is 17.6 Å². The first kappa shape index (κ1) is 23.2. The number of aryl methyl sites for hydroxylation is 1. The number of hydrogen-bond donors (Lipinski definition) is 0. The van der Waals surface area contributed by atoms with E-state index >= 15 is 0 Å². The number of carbonyl (C=O) groups excluding carboxylic acids is 2. The number of amides is 1. The van der Waals surface area contributed by atoms with Crippen molar-refractivity contribution in [2.45, 2.75) is 70.6 Å². The topological polar surface area (TPSA) is 77.3 Å². The summed E-state index contributed by atoms with van der Waals surface area (Å²) in [5.41, 5.74) is 2.44. The van der Waals surface area contributed by atoms with E-state index in [1.54, 1.807) is 42.7 Å². The Hall–Kier alpha value is -3.55. The second kappa shape index (κ2) is 8.91. The molecule has 5 rings (SSSR count). The van der Waals surface area contributed by atoms with Crippen LogP contribution in [0.5, 0.6) is 0 Å². The SMILES string of the molecule is CC(C)(C)OC(=O)n1cc2c(n1)CCC(N(C(=O)c1ccc(-c3ccccn3)c(F)c1)C1CC1)C2. The predicted molar refractivity (Wildman–Crippen MR) is 128 cm³/mol. The molecule has 8 heteroatoms. The largest absolute Gasteiger partial charge is 0.442 e. The zero-order chi connectivity index (χ0) is 24.7. The van der Waals surface area contributed by atoms with Gasteiger partial charge in [0, 0.05) is 35.6 Å². The first-order valence-electron chi connectivity index (χ1n) is 12.0. The monoisotopic (exact) mass is 476 g/mol. The van der Waals surface area contributed by atoms with Gasteiger partial charge < -0.3 is 9.64 Å². The summed E-state index contributed by atoms with van der Waals surface area (Å²) in [5, 5.41) is 4.43. The smallest absolute Gasteiger partial charge is 0.435 e. The van der Waals surface area contributed by atoms with Crippen molar-refractivity contribution in [3.05, 3.63) is 71.4 Å². The number of pyridine rings is 1. The number of halogens is 1. The molecule has 0 aliphatic heterocycles. The van der Waals surface area contributed by atoms with Gasteiger partial charge in [0.15, 0.2) is 0 Å². The molecule has 0 bridgehead atoms. The van der Waals surface area contributed by atoms with Gasteiger partial charge in [0.2, 0.25) is 0 Å². The molecular weight excluding hydrogens is 447 g/mol. The summed E-state index contributed by atoms with van der Waals surface area (Å²) in [6.45, 7) is 5.44. The van der Waals surface area contributed by atoms with E-state index < -0.39 is 17.5 Å². The molecule has 182 valence electrons. The molecule has 1 saturated carbocycles. The molecule has 0 saturated heterocycles. The number of carbonyl (C=O) groups is 2.